The van der Waals surface area contributed by atoms with E-state index in [1.54, 1.807) is 0 Å². The van der Waals surface area contributed by atoms with Crippen LogP contribution in [0, 0.1) is 5.92 Å². The van der Waals surface area contributed by atoms with Crippen molar-refractivity contribution in [2.75, 3.05) is 30.3 Å². The zero-order chi connectivity index (χ0) is 24.2. The molecule has 0 radical (unpaired) electrons. The van der Waals surface area contributed by atoms with E-state index < -0.39 is 0 Å². The normalized spacial score (nSPS) is 18.2. The summed E-state index contributed by atoms with van der Waals surface area (Å²) in [5, 5.41) is 25.2. The van der Waals surface area contributed by atoms with Crippen molar-refractivity contribution in [1.82, 2.24) is 24.9 Å². The molecular weight excluding hydrogens is 438 g/mol. The van der Waals surface area contributed by atoms with Crippen LogP contribution in [-0.2, 0) is 6.54 Å². The van der Waals surface area contributed by atoms with Gasteiger partial charge in [-0.25, -0.2) is 4.98 Å². The maximum absolute atomic E-state index is 10.3. The van der Waals surface area contributed by atoms with E-state index in [-0.39, 0.29) is 12.0 Å². The van der Waals surface area contributed by atoms with Crippen molar-refractivity contribution in [1.29, 1.82) is 0 Å². The van der Waals surface area contributed by atoms with Crippen molar-refractivity contribution in [3.05, 3.63) is 72.2 Å². The zero-order valence-corrected chi connectivity index (χ0v) is 20.3. The molecule has 0 aliphatic carbocycles. The fourth-order valence-corrected chi connectivity index (χ4v) is 4.53. The Hall–Kier alpha value is -3.49. The summed E-state index contributed by atoms with van der Waals surface area (Å²) in [6.45, 7) is 7.24. The van der Waals surface area contributed by atoms with E-state index in [4.69, 9.17) is 4.98 Å². The number of β-amino-alcohol motifs (C(OH)–C–C–N with tert-alkyl or cyclic N) is 1. The molecule has 35 heavy (non-hydrogen) atoms. The van der Waals surface area contributed by atoms with Gasteiger partial charge in [0.25, 0.3) is 0 Å². The topological polar surface area (TPSA) is 99.4 Å². The van der Waals surface area contributed by atoms with Gasteiger partial charge in [-0.05, 0) is 47.7 Å². The van der Waals surface area contributed by atoms with Crippen LogP contribution in [0.5, 0.6) is 0 Å². The Bertz CT molecular complexity index is 1250. The number of pyridine rings is 1. The molecule has 4 N–H and O–H groups in total. The standard InChI is InChI=1S/C27H33N7O/c1-18(2)23-16-32-34-26(13-25(33-27(23)34)30-15-22-9-12-29-17-24(22)35)31-14-19-3-5-20(6-4-19)21-7-10-28-11-8-21/h3-8,10-11,13,16,18,22,24,29,31,35H,9,12,14-15,17H2,1-2H3,(H,30,33)/t22-,24+/m1/s1. The summed E-state index contributed by atoms with van der Waals surface area (Å²) < 4.78 is 1.88. The van der Waals surface area contributed by atoms with Crippen molar-refractivity contribution in [3.8, 4) is 11.1 Å². The number of rotatable bonds is 8. The van der Waals surface area contributed by atoms with Gasteiger partial charge in [0.1, 0.15) is 11.6 Å². The van der Waals surface area contributed by atoms with Gasteiger partial charge in [-0.3, -0.25) is 4.98 Å². The third-order valence-corrected chi connectivity index (χ3v) is 6.70. The molecule has 0 unspecified atom stereocenters. The van der Waals surface area contributed by atoms with E-state index in [0.29, 0.717) is 25.6 Å². The van der Waals surface area contributed by atoms with Gasteiger partial charge in [0, 0.05) is 49.6 Å². The van der Waals surface area contributed by atoms with Gasteiger partial charge in [-0.1, -0.05) is 38.1 Å². The van der Waals surface area contributed by atoms with Crippen LogP contribution in [0.3, 0.4) is 0 Å². The molecule has 0 bridgehead atoms. The number of benzene rings is 1. The number of fused-ring (bicyclic) bond motifs is 1. The van der Waals surface area contributed by atoms with Crippen LogP contribution in [-0.4, -0.2) is 50.4 Å². The Morgan fingerprint density at radius 1 is 1.09 bits per heavy atom. The van der Waals surface area contributed by atoms with Gasteiger partial charge in [0.2, 0.25) is 0 Å². The average molecular weight is 472 g/mol. The molecule has 1 fully saturated rings. The molecule has 3 aromatic heterocycles. The first kappa shape index (κ1) is 23.3. The predicted molar refractivity (Wildman–Crippen MR) is 140 cm³/mol. The molecule has 0 saturated carbocycles. The molecule has 8 heteroatoms. The molecule has 5 rings (SSSR count). The number of piperidine rings is 1. The molecule has 1 aliphatic heterocycles. The minimum absolute atomic E-state index is 0.207. The minimum Gasteiger partial charge on any atom is -0.391 e. The fourth-order valence-electron chi connectivity index (χ4n) is 4.53. The second-order valence-corrected chi connectivity index (χ2v) is 9.50. The van der Waals surface area contributed by atoms with Crippen LogP contribution < -0.4 is 16.0 Å². The highest BCUT2D eigenvalue weighted by Crippen LogP contribution is 2.25. The van der Waals surface area contributed by atoms with Gasteiger partial charge >= 0.3 is 0 Å². The summed E-state index contributed by atoms with van der Waals surface area (Å²) in [4.78, 5) is 8.97. The number of aliphatic hydroxyl groups is 1. The van der Waals surface area contributed by atoms with Gasteiger partial charge in [-0.15, -0.1) is 0 Å². The van der Waals surface area contributed by atoms with Crippen LogP contribution in [0.2, 0.25) is 0 Å². The molecule has 0 spiro atoms. The lowest BCUT2D eigenvalue weighted by molar-refractivity contribution is 0.0883. The number of nitrogens with one attached hydrogen (secondary N) is 3. The minimum atomic E-state index is -0.339. The molecule has 182 valence electrons. The van der Waals surface area contributed by atoms with Crippen LogP contribution >= 0.6 is 0 Å². The molecule has 4 heterocycles. The van der Waals surface area contributed by atoms with Gasteiger partial charge in [0.05, 0.1) is 12.3 Å². The third-order valence-electron chi connectivity index (χ3n) is 6.70. The van der Waals surface area contributed by atoms with E-state index in [1.165, 1.54) is 11.1 Å². The van der Waals surface area contributed by atoms with Gasteiger partial charge in [0.15, 0.2) is 5.65 Å². The van der Waals surface area contributed by atoms with E-state index in [0.717, 1.165) is 41.4 Å². The Morgan fingerprint density at radius 2 is 1.86 bits per heavy atom. The lowest BCUT2D eigenvalue weighted by Gasteiger charge is -2.28. The number of aromatic nitrogens is 4. The molecule has 1 aromatic carbocycles. The molecule has 8 nitrogen and oxygen atoms in total. The monoisotopic (exact) mass is 471 g/mol. The van der Waals surface area contributed by atoms with Crippen molar-refractivity contribution >= 4 is 17.3 Å². The number of hydrogen-bond acceptors (Lipinski definition) is 7. The molecule has 0 amide bonds. The highest BCUT2D eigenvalue weighted by atomic mass is 16.3. The second kappa shape index (κ2) is 10.4. The summed E-state index contributed by atoms with van der Waals surface area (Å²) >= 11 is 0. The van der Waals surface area contributed by atoms with Crippen LogP contribution in [0.15, 0.2) is 61.1 Å². The van der Waals surface area contributed by atoms with Crippen LogP contribution in [0.25, 0.3) is 16.8 Å². The summed E-state index contributed by atoms with van der Waals surface area (Å²) in [7, 11) is 0. The number of nitrogens with zero attached hydrogens (tertiary/aromatic N) is 4. The number of hydrogen-bond donors (Lipinski definition) is 4. The Morgan fingerprint density at radius 3 is 2.60 bits per heavy atom. The molecule has 1 saturated heterocycles. The van der Waals surface area contributed by atoms with Crippen molar-refractivity contribution in [2.45, 2.75) is 38.8 Å². The van der Waals surface area contributed by atoms with Gasteiger partial charge < -0.3 is 21.1 Å². The second-order valence-electron chi connectivity index (χ2n) is 9.50. The van der Waals surface area contributed by atoms with E-state index in [9.17, 15) is 5.11 Å². The zero-order valence-electron chi connectivity index (χ0n) is 20.3. The predicted octanol–water partition coefficient (Wildman–Crippen LogP) is 3.91. The molecule has 2 atom stereocenters. The summed E-state index contributed by atoms with van der Waals surface area (Å²) in [5.41, 5.74) is 5.47. The Kier molecular flexibility index (Phi) is 6.92. The van der Waals surface area contributed by atoms with Gasteiger partial charge in [-0.2, -0.15) is 9.61 Å². The smallest absolute Gasteiger partial charge is 0.163 e. The quantitative estimate of drug-likeness (QED) is 0.309. The number of anilines is 2. The van der Waals surface area contributed by atoms with E-state index in [2.05, 4.69) is 64.1 Å². The lowest BCUT2D eigenvalue weighted by atomic mass is 9.95. The summed E-state index contributed by atoms with van der Waals surface area (Å²) in [6.07, 6.45) is 6.14. The first-order chi connectivity index (χ1) is 17.1. The Labute approximate surface area is 205 Å². The first-order valence-corrected chi connectivity index (χ1v) is 12.3. The third kappa shape index (κ3) is 5.28. The Balaban J connectivity index is 1.35. The summed E-state index contributed by atoms with van der Waals surface area (Å²) in [6, 6.07) is 14.6. The number of aliphatic hydroxyl groups excluding tert-OH is 1. The van der Waals surface area contributed by atoms with E-state index >= 15 is 0 Å². The molecule has 1 aliphatic rings. The van der Waals surface area contributed by atoms with E-state index in [1.807, 2.05) is 41.3 Å². The van der Waals surface area contributed by atoms with Crippen LogP contribution in [0.4, 0.5) is 11.6 Å². The maximum Gasteiger partial charge on any atom is 0.163 e. The lowest BCUT2D eigenvalue weighted by Crippen LogP contribution is -2.43. The van der Waals surface area contributed by atoms with Crippen LogP contribution in [0.1, 0.15) is 37.3 Å². The van der Waals surface area contributed by atoms with Crippen molar-refractivity contribution < 1.29 is 5.11 Å². The average Bonchev–Trinajstić information content (AvgIpc) is 3.32. The first-order valence-electron chi connectivity index (χ1n) is 12.3. The highest BCUT2D eigenvalue weighted by Gasteiger charge is 2.23. The molecular formula is C27H33N7O. The fraction of sp³-hybridized carbons (Fsp3) is 0.370. The SMILES string of the molecule is CC(C)c1cnn2c(NCc3ccc(-c4ccncc4)cc3)cc(NC[C@H]3CCNC[C@@H]3O)nc12. The molecule has 4 aromatic rings. The highest BCUT2D eigenvalue weighted by molar-refractivity contribution is 5.63. The van der Waals surface area contributed by atoms with Crippen molar-refractivity contribution in [3.63, 3.8) is 0 Å². The van der Waals surface area contributed by atoms with Crippen molar-refractivity contribution in [2.24, 2.45) is 5.92 Å². The maximum atomic E-state index is 10.3. The summed E-state index contributed by atoms with van der Waals surface area (Å²) in [5.74, 6) is 2.20. The largest absolute Gasteiger partial charge is 0.391 e.